The predicted octanol–water partition coefficient (Wildman–Crippen LogP) is 3.70. The lowest BCUT2D eigenvalue weighted by Crippen LogP contribution is -2.47. The molecule has 150 valence electrons. The molecule has 29 heavy (non-hydrogen) atoms. The van der Waals surface area contributed by atoms with Gasteiger partial charge >= 0.3 is 0 Å². The number of likely N-dealkylation sites (tertiary alicyclic amines) is 1. The number of carbonyl (C=O) groups excluding carboxylic acids is 1. The van der Waals surface area contributed by atoms with Crippen molar-refractivity contribution in [2.75, 3.05) is 13.1 Å². The number of carbonyl (C=O) groups is 1. The number of rotatable bonds is 4. The minimum atomic E-state index is -0.398. The lowest BCUT2D eigenvalue weighted by Gasteiger charge is -2.38. The van der Waals surface area contributed by atoms with Crippen molar-refractivity contribution in [2.45, 2.75) is 38.5 Å². The van der Waals surface area contributed by atoms with Crippen molar-refractivity contribution < 1.29 is 13.6 Å². The number of amides is 1. The number of nitrogens with zero attached hydrogens (tertiary/aromatic N) is 4. The lowest BCUT2D eigenvalue weighted by molar-refractivity contribution is 0.0624. The highest BCUT2D eigenvalue weighted by molar-refractivity contribution is 5.95. The van der Waals surface area contributed by atoms with Gasteiger partial charge in [-0.25, -0.2) is 19.3 Å². The summed E-state index contributed by atoms with van der Waals surface area (Å²) in [7, 11) is 0. The summed E-state index contributed by atoms with van der Waals surface area (Å²) in [6.07, 6.45) is 6.72. The third kappa shape index (κ3) is 3.90. The smallest absolute Gasteiger partial charge is 0.257 e. The molecule has 1 aromatic carbocycles. The van der Waals surface area contributed by atoms with E-state index in [9.17, 15) is 9.18 Å². The first kappa shape index (κ1) is 19.2. The van der Waals surface area contributed by atoms with Gasteiger partial charge in [-0.2, -0.15) is 0 Å². The van der Waals surface area contributed by atoms with Crippen LogP contribution in [0, 0.1) is 12.7 Å². The molecule has 4 rings (SSSR count). The fraction of sp³-hybridized carbons (Fsp3) is 0.364. The fourth-order valence-corrected chi connectivity index (χ4v) is 3.86. The second-order valence-electron chi connectivity index (χ2n) is 7.81. The molecule has 6 nitrogen and oxygen atoms in total. The lowest BCUT2D eigenvalue weighted by atomic mass is 9.81. The van der Waals surface area contributed by atoms with Crippen LogP contribution in [0.4, 0.5) is 4.39 Å². The predicted molar refractivity (Wildman–Crippen MR) is 105 cm³/mol. The second kappa shape index (κ2) is 7.73. The van der Waals surface area contributed by atoms with E-state index in [1.807, 2.05) is 4.90 Å². The van der Waals surface area contributed by atoms with Crippen LogP contribution in [0.15, 0.2) is 47.4 Å². The third-order valence-electron chi connectivity index (χ3n) is 5.52. The molecule has 0 saturated carbocycles. The normalized spacial score (nSPS) is 19.3. The summed E-state index contributed by atoms with van der Waals surface area (Å²) in [5, 5.41) is 0. The Labute approximate surface area is 168 Å². The standard InChI is InChI=1S/C22H23FN4O2/c1-15-18(12-24-14-26-15)20(28)27-9-5-8-22(2,13-27)21-25-11-17(29-21)10-16-6-3-4-7-19(16)23/h3-4,6-7,11-12,14H,5,8-10,13H2,1-2H3. The van der Waals surface area contributed by atoms with E-state index in [0.29, 0.717) is 48.0 Å². The monoisotopic (exact) mass is 394 g/mol. The van der Waals surface area contributed by atoms with Crippen LogP contribution in [-0.4, -0.2) is 38.8 Å². The number of halogens is 1. The summed E-state index contributed by atoms with van der Waals surface area (Å²) < 4.78 is 19.9. The summed E-state index contributed by atoms with van der Waals surface area (Å²) in [5.74, 6) is 0.864. The van der Waals surface area contributed by atoms with Crippen molar-refractivity contribution in [1.29, 1.82) is 0 Å². The maximum atomic E-state index is 13.9. The van der Waals surface area contributed by atoms with Crippen LogP contribution in [-0.2, 0) is 11.8 Å². The Kier molecular flexibility index (Phi) is 5.13. The van der Waals surface area contributed by atoms with E-state index in [-0.39, 0.29) is 11.7 Å². The Hall–Kier alpha value is -3.09. The van der Waals surface area contributed by atoms with Crippen molar-refractivity contribution in [1.82, 2.24) is 19.9 Å². The zero-order chi connectivity index (χ0) is 20.4. The van der Waals surface area contributed by atoms with E-state index in [4.69, 9.17) is 4.42 Å². The van der Waals surface area contributed by atoms with Crippen molar-refractivity contribution in [3.63, 3.8) is 0 Å². The first-order chi connectivity index (χ1) is 14.0. The van der Waals surface area contributed by atoms with Gasteiger partial charge in [-0.15, -0.1) is 0 Å². The topological polar surface area (TPSA) is 72.1 Å². The molecular weight excluding hydrogens is 371 g/mol. The van der Waals surface area contributed by atoms with E-state index in [0.717, 1.165) is 12.8 Å². The van der Waals surface area contributed by atoms with Gasteiger partial charge in [0.05, 0.1) is 22.9 Å². The molecule has 1 atom stereocenters. The summed E-state index contributed by atoms with van der Waals surface area (Å²) >= 11 is 0. The molecule has 3 heterocycles. The second-order valence-corrected chi connectivity index (χ2v) is 7.81. The highest BCUT2D eigenvalue weighted by Crippen LogP contribution is 2.34. The largest absolute Gasteiger partial charge is 0.445 e. The van der Waals surface area contributed by atoms with Gasteiger partial charge in [-0.05, 0) is 38.3 Å². The Morgan fingerprint density at radius 2 is 2.10 bits per heavy atom. The van der Waals surface area contributed by atoms with E-state index in [2.05, 4.69) is 21.9 Å². The molecule has 7 heteroatoms. The van der Waals surface area contributed by atoms with Crippen molar-refractivity contribution in [3.8, 4) is 0 Å². The van der Waals surface area contributed by atoms with Gasteiger partial charge in [-0.3, -0.25) is 4.79 Å². The average molecular weight is 394 g/mol. The van der Waals surface area contributed by atoms with Crippen molar-refractivity contribution in [2.24, 2.45) is 0 Å². The molecule has 1 fully saturated rings. The molecular formula is C22H23FN4O2. The van der Waals surface area contributed by atoms with Gasteiger partial charge in [0.25, 0.3) is 5.91 Å². The number of piperidine rings is 1. The number of hydrogen-bond donors (Lipinski definition) is 0. The molecule has 1 unspecified atom stereocenters. The van der Waals surface area contributed by atoms with Crippen molar-refractivity contribution >= 4 is 5.91 Å². The van der Waals surface area contributed by atoms with E-state index < -0.39 is 5.41 Å². The molecule has 2 aromatic heterocycles. The highest BCUT2D eigenvalue weighted by atomic mass is 19.1. The summed E-state index contributed by atoms with van der Waals surface area (Å²) in [6, 6.07) is 6.65. The minimum absolute atomic E-state index is 0.0767. The third-order valence-corrected chi connectivity index (χ3v) is 5.52. The van der Waals surface area contributed by atoms with Crippen LogP contribution in [0.3, 0.4) is 0 Å². The SMILES string of the molecule is Cc1ncncc1C(=O)N1CCCC(C)(c2ncc(Cc3ccccc3F)o2)C1. The summed E-state index contributed by atoms with van der Waals surface area (Å²) in [4.78, 5) is 27.4. The Bertz CT molecular complexity index is 1030. The van der Waals surface area contributed by atoms with E-state index in [1.54, 1.807) is 37.5 Å². The number of aryl methyl sites for hydroxylation is 1. The van der Waals surface area contributed by atoms with Gasteiger partial charge < -0.3 is 9.32 Å². The van der Waals surface area contributed by atoms with Gasteiger partial charge in [0.1, 0.15) is 17.9 Å². The van der Waals surface area contributed by atoms with Gasteiger partial charge in [0.2, 0.25) is 5.89 Å². The maximum absolute atomic E-state index is 13.9. The average Bonchev–Trinajstić information content (AvgIpc) is 3.19. The van der Waals surface area contributed by atoms with Crippen LogP contribution in [0.1, 0.15) is 53.0 Å². The molecule has 1 saturated heterocycles. The number of benzene rings is 1. The number of oxazole rings is 1. The first-order valence-corrected chi connectivity index (χ1v) is 9.71. The molecule has 1 aliphatic heterocycles. The van der Waals surface area contributed by atoms with Crippen LogP contribution >= 0.6 is 0 Å². The summed E-state index contributed by atoms with van der Waals surface area (Å²) in [6.45, 7) is 5.03. The quantitative estimate of drug-likeness (QED) is 0.675. The summed E-state index contributed by atoms with van der Waals surface area (Å²) in [5.41, 5.74) is 1.36. The van der Waals surface area contributed by atoms with Gasteiger partial charge in [0.15, 0.2) is 0 Å². The highest BCUT2D eigenvalue weighted by Gasteiger charge is 2.39. The Morgan fingerprint density at radius 3 is 2.90 bits per heavy atom. The molecule has 1 amide bonds. The van der Waals surface area contributed by atoms with Crippen molar-refractivity contribution in [3.05, 3.63) is 77.3 Å². The van der Waals surface area contributed by atoms with Crippen LogP contribution in [0.5, 0.6) is 0 Å². The fourth-order valence-electron chi connectivity index (χ4n) is 3.86. The number of hydrogen-bond acceptors (Lipinski definition) is 5. The van der Waals surface area contributed by atoms with E-state index in [1.165, 1.54) is 12.4 Å². The maximum Gasteiger partial charge on any atom is 0.257 e. The van der Waals surface area contributed by atoms with E-state index >= 15 is 0 Å². The molecule has 3 aromatic rings. The zero-order valence-electron chi connectivity index (χ0n) is 16.6. The van der Waals surface area contributed by atoms with Gasteiger partial charge in [0, 0.05) is 25.7 Å². The van der Waals surface area contributed by atoms with Crippen LogP contribution in [0.2, 0.25) is 0 Å². The molecule has 0 spiro atoms. The Morgan fingerprint density at radius 1 is 1.28 bits per heavy atom. The molecule has 0 radical (unpaired) electrons. The molecule has 0 N–H and O–H groups in total. The molecule has 1 aliphatic rings. The first-order valence-electron chi connectivity index (χ1n) is 9.71. The van der Waals surface area contributed by atoms with Crippen LogP contribution < -0.4 is 0 Å². The molecule has 0 bridgehead atoms. The Balaban J connectivity index is 1.52. The zero-order valence-corrected chi connectivity index (χ0v) is 16.6. The van der Waals surface area contributed by atoms with Gasteiger partial charge in [-0.1, -0.05) is 18.2 Å². The van der Waals surface area contributed by atoms with Crippen LogP contribution in [0.25, 0.3) is 0 Å². The minimum Gasteiger partial charge on any atom is -0.445 e. The number of aromatic nitrogens is 3. The molecule has 0 aliphatic carbocycles.